The molecule has 3 aromatic rings. The molecule has 0 fully saturated rings. The molecule has 0 saturated heterocycles. The van der Waals surface area contributed by atoms with Gasteiger partial charge in [0.1, 0.15) is 17.5 Å². The predicted octanol–water partition coefficient (Wildman–Crippen LogP) is 0.419. The highest BCUT2D eigenvalue weighted by molar-refractivity contribution is 5.72. The molecule has 22 heavy (non-hydrogen) atoms. The first-order chi connectivity index (χ1) is 10.6. The average Bonchev–Trinajstić information content (AvgIpc) is 2.94. The average molecular weight is 301 g/mol. The van der Waals surface area contributed by atoms with E-state index in [1.54, 1.807) is 7.05 Å². The summed E-state index contributed by atoms with van der Waals surface area (Å²) >= 11 is 0. The normalized spacial score (nSPS) is 11.2. The van der Waals surface area contributed by atoms with Crippen LogP contribution >= 0.6 is 0 Å². The van der Waals surface area contributed by atoms with Gasteiger partial charge in [0.25, 0.3) is 5.56 Å². The van der Waals surface area contributed by atoms with Gasteiger partial charge in [-0.1, -0.05) is 5.16 Å². The summed E-state index contributed by atoms with van der Waals surface area (Å²) in [4.78, 5) is 32.5. The summed E-state index contributed by atoms with van der Waals surface area (Å²) in [5.41, 5.74) is 0.399. The Morgan fingerprint density at radius 1 is 1.32 bits per heavy atom. The zero-order valence-electron chi connectivity index (χ0n) is 12.3. The molecule has 0 amide bonds. The summed E-state index contributed by atoms with van der Waals surface area (Å²) < 4.78 is 7.68. The highest BCUT2D eigenvalue weighted by Crippen LogP contribution is 2.06. The van der Waals surface area contributed by atoms with Crippen LogP contribution in [0, 0.1) is 6.92 Å². The molecular weight excluding hydrogens is 286 g/mol. The second-order valence-electron chi connectivity index (χ2n) is 5.10. The Bertz CT molecular complexity index is 938. The molecule has 8 heteroatoms. The summed E-state index contributed by atoms with van der Waals surface area (Å²) in [6, 6.07) is 1.84. The van der Waals surface area contributed by atoms with Gasteiger partial charge in [0.15, 0.2) is 5.65 Å². The van der Waals surface area contributed by atoms with Crippen LogP contribution in [0.4, 0.5) is 0 Å². The lowest BCUT2D eigenvalue weighted by atomic mass is 10.2. The Morgan fingerprint density at radius 3 is 2.86 bits per heavy atom. The number of nitrogens with zero attached hydrogens (tertiary/aromatic N) is 5. The number of hydrogen-bond donors (Lipinski definition) is 0. The quantitative estimate of drug-likeness (QED) is 0.693. The van der Waals surface area contributed by atoms with Crippen molar-refractivity contribution >= 4 is 11.0 Å². The van der Waals surface area contributed by atoms with Gasteiger partial charge in [0.2, 0.25) is 0 Å². The molecule has 0 aliphatic heterocycles. The maximum absolute atomic E-state index is 12.4. The monoisotopic (exact) mass is 301 g/mol. The van der Waals surface area contributed by atoms with Crippen LogP contribution < -0.4 is 11.2 Å². The van der Waals surface area contributed by atoms with Gasteiger partial charge in [0, 0.05) is 32.3 Å². The second-order valence-corrected chi connectivity index (χ2v) is 5.10. The van der Waals surface area contributed by atoms with E-state index in [1.165, 1.54) is 21.7 Å². The van der Waals surface area contributed by atoms with Gasteiger partial charge in [-0.25, -0.2) is 14.8 Å². The van der Waals surface area contributed by atoms with Crippen molar-refractivity contribution in [3.05, 3.63) is 50.9 Å². The molecule has 8 nitrogen and oxygen atoms in total. The molecule has 0 N–H and O–H groups in total. The van der Waals surface area contributed by atoms with E-state index in [1.807, 2.05) is 13.0 Å². The zero-order chi connectivity index (χ0) is 15.7. The van der Waals surface area contributed by atoms with Crippen molar-refractivity contribution in [3.63, 3.8) is 0 Å². The minimum Gasteiger partial charge on any atom is -0.361 e. The fourth-order valence-corrected chi connectivity index (χ4v) is 2.39. The second kappa shape index (κ2) is 5.55. The number of rotatable bonds is 4. The third-order valence-corrected chi connectivity index (χ3v) is 3.48. The van der Waals surface area contributed by atoms with Gasteiger partial charge < -0.3 is 4.52 Å². The Labute approximate surface area is 125 Å². The summed E-state index contributed by atoms with van der Waals surface area (Å²) in [6.45, 7) is 2.15. The van der Waals surface area contributed by atoms with Crippen LogP contribution in [-0.4, -0.2) is 24.3 Å². The molecule has 0 atom stereocenters. The van der Waals surface area contributed by atoms with Crippen molar-refractivity contribution in [2.24, 2.45) is 7.05 Å². The van der Waals surface area contributed by atoms with Gasteiger partial charge in [-0.3, -0.25) is 13.9 Å². The van der Waals surface area contributed by atoms with Gasteiger partial charge in [-0.2, -0.15) is 0 Å². The molecule has 0 bridgehead atoms. The van der Waals surface area contributed by atoms with Crippen molar-refractivity contribution < 1.29 is 4.52 Å². The van der Waals surface area contributed by atoms with Gasteiger partial charge in [-0.15, -0.1) is 0 Å². The summed E-state index contributed by atoms with van der Waals surface area (Å²) in [7, 11) is 1.59. The van der Waals surface area contributed by atoms with Crippen LogP contribution in [0.3, 0.4) is 0 Å². The van der Waals surface area contributed by atoms with Crippen LogP contribution in [0.1, 0.15) is 17.9 Å². The van der Waals surface area contributed by atoms with Crippen LogP contribution in [0.25, 0.3) is 11.0 Å². The molecule has 3 aromatic heterocycles. The summed E-state index contributed by atoms with van der Waals surface area (Å²) in [6.07, 6.45) is 3.96. The largest absolute Gasteiger partial charge is 0.361 e. The lowest BCUT2D eigenvalue weighted by Crippen LogP contribution is -2.39. The first-order valence-corrected chi connectivity index (χ1v) is 6.89. The van der Waals surface area contributed by atoms with E-state index in [0.29, 0.717) is 30.4 Å². The van der Waals surface area contributed by atoms with Crippen LogP contribution in [0.15, 0.2) is 32.7 Å². The number of fused-ring (bicyclic) bond motifs is 1. The Balaban J connectivity index is 1.90. The van der Waals surface area contributed by atoms with Crippen molar-refractivity contribution in [1.29, 1.82) is 0 Å². The molecular formula is C14H15N5O3. The number of aryl methyl sites for hydroxylation is 3. The van der Waals surface area contributed by atoms with Crippen LogP contribution in [0.5, 0.6) is 0 Å². The van der Waals surface area contributed by atoms with Crippen LogP contribution in [-0.2, 0) is 20.0 Å². The SMILES string of the molecule is Cc1cc(CCCn2c(=O)c3cncnc3n(C)c2=O)on1. The fourth-order valence-electron chi connectivity index (χ4n) is 2.39. The molecule has 0 radical (unpaired) electrons. The number of hydrogen-bond acceptors (Lipinski definition) is 6. The van der Waals surface area contributed by atoms with Crippen molar-refractivity contribution in [3.8, 4) is 0 Å². The highest BCUT2D eigenvalue weighted by Gasteiger charge is 2.12. The van der Waals surface area contributed by atoms with Crippen LogP contribution in [0.2, 0.25) is 0 Å². The van der Waals surface area contributed by atoms with Crippen molar-refractivity contribution in [1.82, 2.24) is 24.3 Å². The van der Waals surface area contributed by atoms with Gasteiger partial charge in [-0.05, 0) is 13.3 Å². The Hall–Kier alpha value is -2.77. The minimum atomic E-state index is -0.384. The van der Waals surface area contributed by atoms with E-state index in [9.17, 15) is 9.59 Å². The van der Waals surface area contributed by atoms with E-state index in [2.05, 4.69) is 15.1 Å². The standard InChI is InChI=1S/C14H15N5O3/c1-9-6-10(22-17-9)4-3-5-19-13(20)11-7-15-8-16-12(11)18(2)14(19)21/h6-8H,3-5H2,1-2H3. The van der Waals surface area contributed by atoms with E-state index >= 15 is 0 Å². The van der Waals surface area contributed by atoms with E-state index in [4.69, 9.17) is 4.52 Å². The Morgan fingerprint density at radius 2 is 2.14 bits per heavy atom. The molecule has 3 heterocycles. The lowest BCUT2D eigenvalue weighted by molar-refractivity contribution is 0.373. The fraction of sp³-hybridized carbons (Fsp3) is 0.357. The Kier molecular flexibility index (Phi) is 3.58. The molecule has 0 aliphatic carbocycles. The molecule has 0 saturated carbocycles. The molecule has 0 aliphatic rings. The molecule has 0 aromatic carbocycles. The van der Waals surface area contributed by atoms with Gasteiger partial charge >= 0.3 is 5.69 Å². The highest BCUT2D eigenvalue weighted by atomic mass is 16.5. The maximum atomic E-state index is 12.4. The van der Waals surface area contributed by atoms with E-state index in [-0.39, 0.29) is 11.2 Å². The maximum Gasteiger partial charge on any atom is 0.332 e. The first kappa shape index (κ1) is 14.2. The van der Waals surface area contributed by atoms with E-state index < -0.39 is 0 Å². The molecule has 3 rings (SSSR count). The summed E-state index contributed by atoms with van der Waals surface area (Å²) in [5.74, 6) is 0.742. The summed E-state index contributed by atoms with van der Waals surface area (Å²) in [5, 5.41) is 4.14. The zero-order valence-corrected chi connectivity index (χ0v) is 12.3. The lowest BCUT2D eigenvalue weighted by Gasteiger charge is -2.08. The van der Waals surface area contributed by atoms with Crippen molar-refractivity contribution in [2.75, 3.05) is 0 Å². The third kappa shape index (κ3) is 2.43. The van der Waals surface area contributed by atoms with E-state index in [0.717, 1.165) is 11.5 Å². The smallest absolute Gasteiger partial charge is 0.332 e. The minimum absolute atomic E-state index is 0.302. The first-order valence-electron chi connectivity index (χ1n) is 6.89. The molecule has 0 unspecified atom stereocenters. The molecule has 0 spiro atoms. The topological polar surface area (TPSA) is 95.8 Å². The molecule has 114 valence electrons. The third-order valence-electron chi connectivity index (χ3n) is 3.48. The number of aromatic nitrogens is 5. The van der Waals surface area contributed by atoms with Crippen molar-refractivity contribution in [2.45, 2.75) is 26.3 Å². The predicted molar refractivity (Wildman–Crippen MR) is 78.6 cm³/mol. The van der Waals surface area contributed by atoms with Gasteiger partial charge in [0.05, 0.1) is 5.69 Å².